The van der Waals surface area contributed by atoms with E-state index in [0.717, 1.165) is 47.9 Å². The number of fused-ring (bicyclic) bond motifs is 3. The van der Waals surface area contributed by atoms with Crippen molar-refractivity contribution in [3.63, 3.8) is 0 Å². The molecule has 0 spiro atoms. The molecule has 34 heavy (non-hydrogen) atoms. The first kappa shape index (κ1) is 24.3. The largest absolute Gasteiger partial charge is 0.483 e. The van der Waals surface area contributed by atoms with Crippen molar-refractivity contribution in [3.8, 4) is 11.4 Å². The maximum absolute atomic E-state index is 12.8. The summed E-state index contributed by atoms with van der Waals surface area (Å²) in [5, 5.41) is 20.0. The molecule has 178 valence electrons. The Balaban J connectivity index is 0.000000492. The molecule has 0 aromatic carbocycles. The maximum atomic E-state index is 12.8. The molecule has 3 aromatic heterocycles. The van der Waals surface area contributed by atoms with Crippen LogP contribution >= 0.6 is 0 Å². The molecule has 12 heteroatoms. The van der Waals surface area contributed by atoms with Gasteiger partial charge in [-0.3, -0.25) is 19.4 Å². The zero-order chi connectivity index (χ0) is 24.3. The van der Waals surface area contributed by atoms with E-state index < -0.39 is 0 Å². The number of carbonyl (C=O) groups is 3. The Kier molecular flexibility index (Phi) is 8.60. The summed E-state index contributed by atoms with van der Waals surface area (Å²) in [5.74, 6) is 1.14. The van der Waals surface area contributed by atoms with Gasteiger partial charge in [0.2, 0.25) is 5.95 Å². The number of amides is 1. The Morgan fingerprint density at radius 1 is 1.18 bits per heavy atom. The fourth-order valence-electron chi connectivity index (χ4n) is 3.41. The number of pyridine rings is 1. The highest BCUT2D eigenvalue weighted by Crippen LogP contribution is 2.32. The van der Waals surface area contributed by atoms with Gasteiger partial charge in [-0.2, -0.15) is 0 Å². The van der Waals surface area contributed by atoms with Crippen molar-refractivity contribution in [2.24, 2.45) is 5.92 Å². The van der Waals surface area contributed by atoms with Crippen LogP contribution in [0.3, 0.4) is 0 Å². The van der Waals surface area contributed by atoms with Crippen LogP contribution < -0.4 is 10.6 Å². The van der Waals surface area contributed by atoms with Gasteiger partial charge < -0.3 is 25.4 Å². The lowest BCUT2D eigenvalue weighted by Gasteiger charge is -2.19. The average Bonchev–Trinajstić information content (AvgIpc) is 3.58. The van der Waals surface area contributed by atoms with E-state index in [1.165, 1.54) is 12.8 Å². The Morgan fingerprint density at radius 3 is 2.62 bits per heavy atom. The first-order chi connectivity index (χ1) is 16.6. The van der Waals surface area contributed by atoms with E-state index in [4.69, 9.17) is 24.8 Å². The van der Waals surface area contributed by atoms with Gasteiger partial charge in [0.25, 0.3) is 18.9 Å². The predicted octanol–water partition coefficient (Wildman–Crippen LogP) is 1.44. The average molecular weight is 467 g/mol. The van der Waals surface area contributed by atoms with E-state index in [9.17, 15) is 4.79 Å². The number of carbonyl (C=O) groups excluding carboxylic acids is 1. The number of aromatic nitrogens is 5. The summed E-state index contributed by atoms with van der Waals surface area (Å²) < 4.78 is 2.00. The molecule has 0 bridgehead atoms. The molecule has 0 atom stereocenters. The number of aryl methyl sites for hydroxylation is 2. The van der Waals surface area contributed by atoms with Crippen LogP contribution in [-0.2, 0) is 29.1 Å². The van der Waals surface area contributed by atoms with Crippen molar-refractivity contribution in [2.75, 3.05) is 11.9 Å². The normalized spacial score (nSPS) is 12.9. The molecular formula is C22H25N7O5. The lowest BCUT2D eigenvalue weighted by Crippen LogP contribution is -2.25. The second-order valence-electron chi connectivity index (χ2n) is 7.53. The summed E-state index contributed by atoms with van der Waals surface area (Å²) in [5.41, 5.74) is 3.95. The van der Waals surface area contributed by atoms with Crippen LogP contribution in [0.25, 0.3) is 11.4 Å². The molecule has 12 nitrogen and oxygen atoms in total. The Labute approximate surface area is 195 Å². The zero-order valence-corrected chi connectivity index (χ0v) is 18.3. The molecule has 0 radical (unpaired) electrons. The smallest absolute Gasteiger partial charge is 0.290 e. The molecule has 1 aliphatic heterocycles. The molecule has 4 N–H and O–H groups in total. The molecule has 1 amide bonds. The number of hydrogen-bond donors (Lipinski definition) is 4. The van der Waals surface area contributed by atoms with Crippen LogP contribution in [0.1, 0.15) is 34.5 Å². The van der Waals surface area contributed by atoms with Gasteiger partial charge in [-0.05, 0) is 36.8 Å². The van der Waals surface area contributed by atoms with Gasteiger partial charge in [-0.1, -0.05) is 6.07 Å². The van der Waals surface area contributed by atoms with Crippen molar-refractivity contribution in [3.05, 3.63) is 53.9 Å². The molecule has 0 saturated heterocycles. The van der Waals surface area contributed by atoms with Gasteiger partial charge in [0.15, 0.2) is 5.69 Å². The Bertz CT molecular complexity index is 1110. The molecule has 2 aliphatic rings. The summed E-state index contributed by atoms with van der Waals surface area (Å²) in [4.78, 5) is 47.1. The number of nitrogens with zero attached hydrogens (tertiary/aromatic N) is 5. The number of rotatable bonds is 6. The van der Waals surface area contributed by atoms with E-state index >= 15 is 0 Å². The van der Waals surface area contributed by atoms with Gasteiger partial charge in [0.05, 0.1) is 12.0 Å². The molecule has 1 fully saturated rings. The highest BCUT2D eigenvalue weighted by molar-refractivity contribution is 5.98. The first-order valence-electron chi connectivity index (χ1n) is 10.6. The summed E-state index contributed by atoms with van der Waals surface area (Å²) in [6.45, 7) is 1.57. The lowest BCUT2D eigenvalue weighted by atomic mass is 10.0. The van der Waals surface area contributed by atoms with Gasteiger partial charge in [0.1, 0.15) is 5.69 Å². The van der Waals surface area contributed by atoms with Crippen LogP contribution in [0, 0.1) is 5.92 Å². The Morgan fingerprint density at radius 2 is 1.94 bits per heavy atom. The second kappa shape index (κ2) is 12.0. The maximum Gasteiger partial charge on any atom is 0.290 e. The number of imidazole rings is 1. The SMILES string of the molecule is O=C(NCc1cccnc1)c1ncn2c1-c1nc(NCC3CC3)ncc1CC2.O=CO.O=CO. The highest BCUT2D eigenvalue weighted by Gasteiger charge is 2.27. The van der Waals surface area contributed by atoms with Gasteiger partial charge in [0, 0.05) is 43.8 Å². The van der Waals surface area contributed by atoms with E-state index in [-0.39, 0.29) is 18.9 Å². The van der Waals surface area contributed by atoms with Crippen molar-refractivity contribution >= 4 is 24.8 Å². The van der Waals surface area contributed by atoms with E-state index in [2.05, 4.69) is 25.6 Å². The molecule has 0 unspecified atom stereocenters. The quantitative estimate of drug-likeness (QED) is 0.389. The van der Waals surface area contributed by atoms with Crippen LogP contribution in [-0.4, -0.2) is 60.1 Å². The summed E-state index contributed by atoms with van der Waals surface area (Å²) in [7, 11) is 0. The third-order valence-electron chi connectivity index (χ3n) is 5.19. The fraction of sp³-hybridized carbons (Fsp3) is 0.318. The van der Waals surface area contributed by atoms with E-state index in [0.29, 0.717) is 18.2 Å². The van der Waals surface area contributed by atoms with Crippen molar-refractivity contribution in [1.29, 1.82) is 0 Å². The molecule has 3 aromatic rings. The summed E-state index contributed by atoms with van der Waals surface area (Å²) in [6, 6.07) is 3.78. The number of anilines is 1. The monoisotopic (exact) mass is 467 g/mol. The second-order valence-corrected chi connectivity index (χ2v) is 7.53. The predicted molar refractivity (Wildman–Crippen MR) is 121 cm³/mol. The summed E-state index contributed by atoms with van der Waals surface area (Å²) in [6.07, 6.45) is 10.4. The molecule has 4 heterocycles. The van der Waals surface area contributed by atoms with Gasteiger partial charge >= 0.3 is 0 Å². The summed E-state index contributed by atoms with van der Waals surface area (Å²) >= 11 is 0. The minimum absolute atomic E-state index is 0.212. The topological polar surface area (TPSA) is 172 Å². The lowest BCUT2D eigenvalue weighted by molar-refractivity contribution is -0.123. The minimum Gasteiger partial charge on any atom is -0.483 e. The number of nitrogens with one attached hydrogen (secondary N) is 2. The number of hydrogen-bond acceptors (Lipinski definition) is 8. The molecule has 1 saturated carbocycles. The molecule has 5 rings (SSSR count). The van der Waals surface area contributed by atoms with E-state index in [1.54, 1.807) is 18.7 Å². The van der Waals surface area contributed by atoms with Gasteiger partial charge in [-0.25, -0.2) is 15.0 Å². The standard InChI is InChI=1S/C20H21N7O.2CH2O2/c28-19(22-10-14-2-1-6-21-8-14)17-18-16-15(5-7-27(18)12-25-17)11-24-20(26-16)23-9-13-3-4-13;2*2-1-3/h1-2,6,8,11-13H,3-5,7,9-10H2,(H,22,28)(H,23,24,26);2*1H,(H,2,3). The fourth-order valence-corrected chi connectivity index (χ4v) is 3.41. The highest BCUT2D eigenvalue weighted by atomic mass is 16.3. The minimum atomic E-state index is -0.250. The number of carboxylic acid groups (broad SMARTS) is 2. The van der Waals surface area contributed by atoms with Crippen molar-refractivity contribution in [1.82, 2.24) is 29.8 Å². The van der Waals surface area contributed by atoms with Crippen molar-refractivity contribution < 1.29 is 24.6 Å². The van der Waals surface area contributed by atoms with Crippen LogP contribution in [0.5, 0.6) is 0 Å². The molecule has 1 aliphatic carbocycles. The Hall–Kier alpha value is -4.35. The van der Waals surface area contributed by atoms with E-state index in [1.807, 2.05) is 22.9 Å². The first-order valence-corrected chi connectivity index (χ1v) is 10.6. The zero-order valence-electron chi connectivity index (χ0n) is 18.3. The van der Waals surface area contributed by atoms with Crippen LogP contribution in [0.4, 0.5) is 5.95 Å². The van der Waals surface area contributed by atoms with Crippen LogP contribution in [0.15, 0.2) is 37.1 Å². The molecular weight excluding hydrogens is 442 g/mol. The van der Waals surface area contributed by atoms with Crippen LogP contribution in [0.2, 0.25) is 0 Å². The third kappa shape index (κ3) is 6.34. The third-order valence-corrected chi connectivity index (χ3v) is 5.19. The van der Waals surface area contributed by atoms with Gasteiger partial charge in [-0.15, -0.1) is 0 Å². The van der Waals surface area contributed by atoms with Crippen molar-refractivity contribution in [2.45, 2.75) is 32.4 Å².